The molecule has 0 radical (unpaired) electrons. The van der Waals surface area contributed by atoms with Gasteiger partial charge in [-0.1, -0.05) is 71.8 Å². The molecule has 7 nitrogen and oxygen atoms in total. The molecular formula is C27H25BClN5O2S. The molecule has 0 bridgehead atoms. The van der Waals surface area contributed by atoms with Crippen LogP contribution in [-0.4, -0.2) is 30.9 Å². The van der Waals surface area contributed by atoms with Crippen molar-refractivity contribution in [2.24, 2.45) is 0 Å². The standard InChI is InChI=1S/C27H25BClN5O2S/c1-18-6-12-21(13-7-18)37(35,36)32-16-20-10-8-19(9-11-20)15-30-26-14-25(22-4-2-3-5-24(22)29)33-27-23(28)17-31-34(26)27/h2-14,17,30,32H,15-16,28H2,1H3. The van der Waals surface area contributed by atoms with Crippen molar-refractivity contribution >= 4 is 46.4 Å². The van der Waals surface area contributed by atoms with Crippen molar-refractivity contribution in [3.63, 3.8) is 0 Å². The first-order valence-corrected chi connectivity index (χ1v) is 13.6. The maximum atomic E-state index is 12.6. The minimum atomic E-state index is -3.57. The number of fused-ring (bicyclic) bond motifs is 1. The molecule has 2 N–H and O–H groups in total. The Bertz CT molecular complexity index is 1670. The van der Waals surface area contributed by atoms with E-state index < -0.39 is 10.0 Å². The first kappa shape index (κ1) is 25.0. The number of hydrogen-bond donors (Lipinski definition) is 2. The lowest BCUT2D eigenvalue weighted by molar-refractivity contribution is 0.581. The summed E-state index contributed by atoms with van der Waals surface area (Å²) in [6.45, 7) is 2.68. The molecule has 186 valence electrons. The number of aryl methyl sites for hydroxylation is 1. The lowest BCUT2D eigenvalue weighted by Crippen LogP contribution is -2.23. The van der Waals surface area contributed by atoms with E-state index in [0.29, 0.717) is 11.6 Å². The molecule has 2 heterocycles. The Morgan fingerprint density at radius 1 is 0.946 bits per heavy atom. The second-order valence-electron chi connectivity index (χ2n) is 8.88. The van der Waals surface area contributed by atoms with Crippen molar-refractivity contribution in [1.82, 2.24) is 19.3 Å². The Hall–Kier alpha value is -3.66. The number of hydrogen-bond acceptors (Lipinski definition) is 5. The number of anilines is 1. The minimum Gasteiger partial charge on any atom is -0.366 e. The number of sulfonamides is 1. The lowest BCUT2D eigenvalue weighted by atomic mass is 10.0. The summed E-state index contributed by atoms with van der Waals surface area (Å²) < 4.78 is 29.6. The molecule has 10 heteroatoms. The second-order valence-corrected chi connectivity index (χ2v) is 11.1. The Morgan fingerprint density at radius 2 is 1.62 bits per heavy atom. The fourth-order valence-corrected chi connectivity index (χ4v) is 5.20. The summed E-state index contributed by atoms with van der Waals surface area (Å²) in [6, 6.07) is 24.2. The van der Waals surface area contributed by atoms with Gasteiger partial charge in [-0.05, 0) is 41.7 Å². The van der Waals surface area contributed by atoms with Gasteiger partial charge >= 0.3 is 0 Å². The third-order valence-electron chi connectivity index (χ3n) is 6.09. The summed E-state index contributed by atoms with van der Waals surface area (Å²) in [7, 11) is -1.59. The largest absolute Gasteiger partial charge is 0.366 e. The number of benzene rings is 3. The quantitative estimate of drug-likeness (QED) is 0.299. The number of aromatic nitrogens is 3. The predicted octanol–water partition coefficient (Wildman–Crippen LogP) is 3.71. The smallest absolute Gasteiger partial charge is 0.240 e. The van der Waals surface area contributed by atoms with Gasteiger partial charge in [0.15, 0.2) is 5.65 Å². The van der Waals surface area contributed by atoms with Crippen LogP contribution in [0.3, 0.4) is 0 Å². The number of nitrogens with one attached hydrogen (secondary N) is 2. The highest BCUT2D eigenvalue weighted by molar-refractivity contribution is 7.89. The fourth-order valence-electron chi connectivity index (χ4n) is 3.95. The molecule has 0 saturated heterocycles. The second kappa shape index (κ2) is 10.4. The molecule has 3 aromatic carbocycles. The zero-order valence-corrected chi connectivity index (χ0v) is 22.0. The molecule has 0 aliphatic heterocycles. The van der Waals surface area contributed by atoms with Crippen LogP contribution in [0.5, 0.6) is 0 Å². The third kappa shape index (κ3) is 5.54. The van der Waals surface area contributed by atoms with E-state index in [1.54, 1.807) is 35.0 Å². The van der Waals surface area contributed by atoms with Gasteiger partial charge in [0.1, 0.15) is 13.7 Å². The van der Waals surface area contributed by atoms with Crippen LogP contribution in [0.15, 0.2) is 90.0 Å². The highest BCUT2D eigenvalue weighted by Crippen LogP contribution is 2.28. The SMILES string of the molecule is Bc1cnn2c(NCc3ccc(CNS(=O)(=O)c4ccc(C)cc4)cc3)cc(-c3ccccc3Cl)nc12. The summed E-state index contributed by atoms with van der Waals surface area (Å²) in [5.74, 6) is 0.794. The Kier molecular flexibility index (Phi) is 7.01. The van der Waals surface area contributed by atoms with Gasteiger partial charge in [-0.3, -0.25) is 0 Å². The normalized spacial score (nSPS) is 11.6. The van der Waals surface area contributed by atoms with Gasteiger partial charge in [0, 0.05) is 35.9 Å². The van der Waals surface area contributed by atoms with Gasteiger partial charge in [0.05, 0.1) is 10.6 Å². The average molecular weight is 530 g/mol. The summed E-state index contributed by atoms with van der Waals surface area (Å²) in [6.07, 6.45) is 1.79. The minimum absolute atomic E-state index is 0.211. The molecule has 0 amide bonds. The highest BCUT2D eigenvalue weighted by atomic mass is 35.5. The Balaban J connectivity index is 1.30. The molecule has 5 aromatic rings. The Morgan fingerprint density at radius 3 is 2.32 bits per heavy atom. The summed E-state index contributed by atoms with van der Waals surface area (Å²) >= 11 is 6.43. The van der Waals surface area contributed by atoms with Gasteiger partial charge < -0.3 is 5.32 Å². The molecule has 0 unspecified atom stereocenters. The third-order valence-corrected chi connectivity index (χ3v) is 7.84. The van der Waals surface area contributed by atoms with Crippen molar-refractivity contribution in [3.8, 4) is 11.3 Å². The van der Waals surface area contributed by atoms with Crippen LogP contribution < -0.4 is 15.5 Å². The summed E-state index contributed by atoms with van der Waals surface area (Å²) in [5, 5.41) is 8.56. The lowest BCUT2D eigenvalue weighted by Gasteiger charge is -2.12. The van der Waals surface area contributed by atoms with Gasteiger partial charge in [0.2, 0.25) is 10.0 Å². The van der Waals surface area contributed by atoms with Crippen molar-refractivity contribution in [3.05, 3.63) is 107 Å². The molecule has 0 fully saturated rings. The van der Waals surface area contributed by atoms with Crippen LogP contribution in [0, 0.1) is 6.92 Å². The zero-order valence-electron chi connectivity index (χ0n) is 20.4. The van der Waals surface area contributed by atoms with Crippen molar-refractivity contribution < 1.29 is 8.42 Å². The molecule has 0 aliphatic rings. The van der Waals surface area contributed by atoms with Crippen molar-refractivity contribution in [2.45, 2.75) is 24.9 Å². The predicted molar refractivity (Wildman–Crippen MR) is 151 cm³/mol. The van der Waals surface area contributed by atoms with Crippen molar-refractivity contribution in [2.75, 3.05) is 5.32 Å². The fraction of sp³-hybridized carbons (Fsp3) is 0.111. The molecule has 0 spiro atoms. The molecule has 2 aromatic heterocycles. The van der Waals surface area contributed by atoms with E-state index in [-0.39, 0.29) is 11.4 Å². The highest BCUT2D eigenvalue weighted by Gasteiger charge is 2.14. The van der Waals surface area contributed by atoms with E-state index in [2.05, 4.69) is 15.1 Å². The number of halogens is 1. The maximum Gasteiger partial charge on any atom is 0.240 e. The first-order valence-electron chi connectivity index (χ1n) is 11.8. The van der Waals surface area contributed by atoms with Crippen LogP contribution in [0.4, 0.5) is 5.82 Å². The number of rotatable bonds is 8. The molecule has 5 rings (SSSR count). The monoisotopic (exact) mass is 529 g/mol. The van der Waals surface area contributed by atoms with E-state index in [0.717, 1.165) is 44.9 Å². The van der Waals surface area contributed by atoms with Gasteiger partial charge in [-0.2, -0.15) is 9.61 Å². The van der Waals surface area contributed by atoms with Gasteiger partial charge in [0.25, 0.3) is 0 Å². The molecule has 0 saturated carbocycles. The zero-order chi connectivity index (χ0) is 26.0. The van der Waals surface area contributed by atoms with Crippen LogP contribution in [0.25, 0.3) is 16.9 Å². The van der Waals surface area contributed by atoms with Crippen LogP contribution in [-0.2, 0) is 23.1 Å². The summed E-state index contributed by atoms with van der Waals surface area (Å²) in [4.78, 5) is 5.04. The van der Waals surface area contributed by atoms with Crippen LogP contribution in [0.1, 0.15) is 16.7 Å². The molecule has 0 atom stereocenters. The van der Waals surface area contributed by atoms with Crippen LogP contribution in [0.2, 0.25) is 5.02 Å². The van der Waals surface area contributed by atoms with Crippen LogP contribution >= 0.6 is 11.6 Å². The molecular weight excluding hydrogens is 505 g/mol. The molecule has 37 heavy (non-hydrogen) atoms. The summed E-state index contributed by atoms with van der Waals surface area (Å²) in [5.41, 5.74) is 6.27. The van der Waals surface area contributed by atoms with E-state index in [9.17, 15) is 8.42 Å². The van der Waals surface area contributed by atoms with E-state index in [1.807, 2.05) is 69.4 Å². The Labute approximate surface area is 222 Å². The average Bonchev–Trinajstić information content (AvgIpc) is 3.28. The topological polar surface area (TPSA) is 88.4 Å². The van der Waals surface area contributed by atoms with Gasteiger partial charge in [-0.25, -0.2) is 18.1 Å². The first-order chi connectivity index (χ1) is 17.8. The van der Waals surface area contributed by atoms with E-state index in [1.165, 1.54) is 0 Å². The van der Waals surface area contributed by atoms with Crippen molar-refractivity contribution in [1.29, 1.82) is 0 Å². The number of nitrogens with zero attached hydrogens (tertiary/aromatic N) is 3. The maximum absolute atomic E-state index is 12.6. The van der Waals surface area contributed by atoms with E-state index >= 15 is 0 Å². The van der Waals surface area contributed by atoms with Gasteiger partial charge in [-0.15, -0.1) is 0 Å². The van der Waals surface area contributed by atoms with E-state index in [4.69, 9.17) is 16.6 Å². The molecule has 0 aliphatic carbocycles.